The maximum Gasteiger partial charge on any atom is 0.251 e. The number of amides is 1. The Morgan fingerprint density at radius 2 is 1.57 bits per heavy atom. The molecule has 5 aromatic rings. The van der Waals surface area contributed by atoms with Gasteiger partial charge in [-0.05, 0) is 76.2 Å². The summed E-state index contributed by atoms with van der Waals surface area (Å²) in [5, 5.41) is 3.75. The van der Waals surface area contributed by atoms with Crippen LogP contribution in [0.5, 0.6) is 0 Å². The molecule has 5 rings (SSSR count). The van der Waals surface area contributed by atoms with Gasteiger partial charge in [0.2, 0.25) is 0 Å². The zero-order valence-electron chi connectivity index (χ0n) is 24.3. The first kappa shape index (κ1) is 29.0. The molecule has 1 aromatic heterocycles. The summed E-state index contributed by atoms with van der Waals surface area (Å²) in [6.45, 7) is 6.90. The Balaban J connectivity index is 1.65. The lowest BCUT2D eigenvalue weighted by Gasteiger charge is -2.16. The van der Waals surface area contributed by atoms with E-state index in [2.05, 4.69) is 19.2 Å². The predicted octanol–water partition coefficient (Wildman–Crippen LogP) is 8.70. The summed E-state index contributed by atoms with van der Waals surface area (Å²) in [7, 11) is 1.65. The molecular weight excluding hydrogens is 529 g/mol. The summed E-state index contributed by atoms with van der Waals surface area (Å²) >= 11 is 0. The SMILES string of the molecule is CCC(=O)c1c(-c2ccc(F)cc2)oc2ccc(-c3ccc(-c4ccccc4COC)c(C(=O)NCC(C)C)c3)cc12. The number of carbonyl (C=O) groups is 2. The third-order valence-electron chi connectivity index (χ3n) is 7.27. The van der Waals surface area contributed by atoms with Crippen LogP contribution in [0.25, 0.3) is 44.5 Å². The number of ether oxygens (including phenoxy) is 1. The fourth-order valence-corrected chi connectivity index (χ4v) is 5.14. The highest BCUT2D eigenvalue weighted by Crippen LogP contribution is 2.38. The van der Waals surface area contributed by atoms with Crippen LogP contribution < -0.4 is 5.32 Å². The Morgan fingerprint density at radius 1 is 0.881 bits per heavy atom. The molecule has 0 unspecified atom stereocenters. The van der Waals surface area contributed by atoms with Gasteiger partial charge in [-0.1, -0.05) is 63.2 Å². The molecule has 6 heteroatoms. The molecule has 214 valence electrons. The molecular formula is C36H34FNO4. The molecule has 0 spiro atoms. The van der Waals surface area contributed by atoms with E-state index in [0.717, 1.165) is 27.8 Å². The van der Waals surface area contributed by atoms with Crippen molar-refractivity contribution >= 4 is 22.7 Å². The van der Waals surface area contributed by atoms with Gasteiger partial charge in [-0.3, -0.25) is 9.59 Å². The van der Waals surface area contributed by atoms with Gasteiger partial charge in [0.15, 0.2) is 5.78 Å². The molecule has 1 heterocycles. The van der Waals surface area contributed by atoms with Gasteiger partial charge < -0.3 is 14.5 Å². The number of hydrogen-bond donors (Lipinski definition) is 1. The van der Waals surface area contributed by atoms with Crippen molar-refractivity contribution in [3.63, 3.8) is 0 Å². The Labute approximate surface area is 245 Å². The smallest absolute Gasteiger partial charge is 0.251 e. The first-order chi connectivity index (χ1) is 20.3. The van der Waals surface area contributed by atoms with Crippen LogP contribution in [0.4, 0.5) is 4.39 Å². The summed E-state index contributed by atoms with van der Waals surface area (Å²) in [4.78, 5) is 26.7. The fourth-order valence-electron chi connectivity index (χ4n) is 5.14. The molecule has 0 saturated carbocycles. The van der Waals surface area contributed by atoms with E-state index in [0.29, 0.717) is 58.9 Å². The van der Waals surface area contributed by atoms with E-state index in [1.807, 2.05) is 67.6 Å². The number of nitrogens with one attached hydrogen (secondary N) is 1. The Hall–Kier alpha value is -4.55. The molecule has 0 aliphatic heterocycles. The maximum absolute atomic E-state index is 13.6. The number of Topliss-reactive ketones (excluding diaryl/α,β-unsaturated/α-hetero) is 1. The summed E-state index contributed by atoms with van der Waals surface area (Å²) in [5.41, 5.74) is 6.64. The highest BCUT2D eigenvalue weighted by Gasteiger charge is 2.22. The number of benzene rings is 4. The predicted molar refractivity (Wildman–Crippen MR) is 165 cm³/mol. The summed E-state index contributed by atoms with van der Waals surface area (Å²) < 4.78 is 25.2. The van der Waals surface area contributed by atoms with E-state index in [1.165, 1.54) is 12.1 Å². The van der Waals surface area contributed by atoms with Gasteiger partial charge >= 0.3 is 0 Å². The van der Waals surface area contributed by atoms with Crippen LogP contribution in [0.15, 0.2) is 89.3 Å². The summed E-state index contributed by atoms with van der Waals surface area (Å²) in [6, 6.07) is 25.4. The number of furan rings is 1. The number of halogens is 1. The van der Waals surface area contributed by atoms with Crippen molar-refractivity contribution in [2.45, 2.75) is 33.8 Å². The molecule has 0 saturated heterocycles. The van der Waals surface area contributed by atoms with Crippen LogP contribution >= 0.6 is 0 Å². The van der Waals surface area contributed by atoms with E-state index in [-0.39, 0.29) is 17.5 Å². The van der Waals surface area contributed by atoms with Crippen molar-refractivity contribution < 1.29 is 23.1 Å². The summed E-state index contributed by atoms with van der Waals surface area (Å²) in [6.07, 6.45) is 0.294. The third kappa shape index (κ3) is 5.90. The third-order valence-corrected chi connectivity index (χ3v) is 7.27. The second-order valence-corrected chi connectivity index (χ2v) is 10.8. The number of hydrogen-bond acceptors (Lipinski definition) is 4. The average Bonchev–Trinajstić information content (AvgIpc) is 3.39. The van der Waals surface area contributed by atoms with Crippen molar-refractivity contribution in [3.8, 4) is 33.6 Å². The Bertz CT molecular complexity index is 1750. The van der Waals surface area contributed by atoms with Gasteiger partial charge in [-0.2, -0.15) is 0 Å². The largest absolute Gasteiger partial charge is 0.455 e. The molecule has 0 atom stereocenters. The lowest BCUT2D eigenvalue weighted by atomic mass is 9.91. The van der Waals surface area contributed by atoms with Gasteiger partial charge in [-0.25, -0.2) is 4.39 Å². The van der Waals surface area contributed by atoms with Crippen LogP contribution in [0.2, 0.25) is 0 Å². The molecule has 4 aromatic carbocycles. The Morgan fingerprint density at radius 3 is 2.29 bits per heavy atom. The van der Waals surface area contributed by atoms with E-state index in [4.69, 9.17) is 9.15 Å². The van der Waals surface area contributed by atoms with Gasteiger partial charge in [0.25, 0.3) is 5.91 Å². The van der Waals surface area contributed by atoms with Crippen molar-refractivity contribution in [3.05, 3.63) is 107 Å². The second-order valence-electron chi connectivity index (χ2n) is 10.8. The van der Waals surface area contributed by atoms with E-state index in [1.54, 1.807) is 19.2 Å². The summed E-state index contributed by atoms with van der Waals surface area (Å²) in [5.74, 6) is 0.145. The van der Waals surface area contributed by atoms with Crippen molar-refractivity contribution in [2.75, 3.05) is 13.7 Å². The first-order valence-corrected chi connectivity index (χ1v) is 14.2. The number of methoxy groups -OCH3 is 1. The maximum atomic E-state index is 13.6. The molecule has 42 heavy (non-hydrogen) atoms. The zero-order valence-corrected chi connectivity index (χ0v) is 24.3. The van der Waals surface area contributed by atoms with Gasteiger partial charge in [0.1, 0.15) is 17.2 Å². The van der Waals surface area contributed by atoms with Crippen molar-refractivity contribution in [1.29, 1.82) is 0 Å². The highest BCUT2D eigenvalue weighted by atomic mass is 19.1. The Kier molecular flexibility index (Phi) is 8.64. The molecule has 1 N–H and O–H groups in total. The van der Waals surface area contributed by atoms with E-state index < -0.39 is 0 Å². The van der Waals surface area contributed by atoms with Gasteiger partial charge in [0, 0.05) is 36.6 Å². The van der Waals surface area contributed by atoms with Gasteiger partial charge in [0.05, 0.1) is 12.2 Å². The molecule has 0 fully saturated rings. The highest BCUT2D eigenvalue weighted by molar-refractivity contribution is 6.13. The van der Waals surface area contributed by atoms with Crippen LogP contribution in [0.3, 0.4) is 0 Å². The molecule has 0 aliphatic carbocycles. The topological polar surface area (TPSA) is 68.5 Å². The van der Waals surface area contributed by atoms with Crippen LogP contribution in [-0.4, -0.2) is 25.3 Å². The van der Waals surface area contributed by atoms with Crippen molar-refractivity contribution in [1.82, 2.24) is 5.32 Å². The van der Waals surface area contributed by atoms with Crippen LogP contribution in [0, 0.1) is 11.7 Å². The minimum Gasteiger partial charge on any atom is -0.455 e. The zero-order chi connectivity index (χ0) is 29.8. The standard InChI is InChI=1S/C36H34FNO4/c1-5-32(39)34-31-19-25(13-17-33(31)42-35(34)23-10-14-27(37)15-11-23)24-12-16-29(28-9-7-6-8-26(28)21-41-4)30(18-24)36(40)38-20-22(2)3/h6-19,22H,5,20-21H2,1-4H3,(H,38,40). The second kappa shape index (κ2) is 12.5. The number of ketones is 1. The number of rotatable bonds is 10. The molecule has 1 amide bonds. The van der Waals surface area contributed by atoms with E-state index >= 15 is 0 Å². The first-order valence-electron chi connectivity index (χ1n) is 14.2. The fraction of sp³-hybridized carbons (Fsp3) is 0.222. The van der Waals surface area contributed by atoms with Gasteiger partial charge in [-0.15, -0.1) is 0 Å². The quantitative estimate of drug-likeness (QED) is 0.173. The molecule has 0 radical (unpaired) electrons. The lowest BCUT2D eigenvalue weighted by molar-refractivity contribution is 0.0948. The average molecular weight is 564 g/mol. The van der Waals surface area contributed by atoms with Crippen LogP contribution in [-0.2, 0) is 11.3 Å². The molecule has 5 nitrogen and oxygen atoms in total. The number of carbonyl (C=O) groups excluding carboxylic acids is 2. The monoisotopic (exact) mass is 563 g/mol. The van der Waals surface area contributed by atoms with Crippen molar-refractivity contribution in [2.24, 2.45) is 5.92 Å². The normalized spacial score (nSPS) is 11.3. The molecule has 0 bridgehead atoms. The van der Waals surface area contributed by atoms with E-state index in [9.17, 15) is 14.0 Å². The number of fused-ring (bicyclic) bond motifs is 1. The minimum atomic E-state index is -0.359. The minimum absolute atomic E-state index is 0.0657. The van der Waals surface area contributed by atoms with Crippen LogP contribution in [0.1, 0.15) is 53.5 Å². The lowest BCUT2D eigenvalue weighted by Crippen LogP contribution is -2.27. The molecule has 0 aliphatic rings.